The highest BCUT2D eigenvalue weighted by Crippen LogP contribution is 2.42. The van der Waals surface area contributed by atoms with Crippen LogP contribution in [0.4, 0.5) is 0 Å². The van der Waals surface area contributed by atoms with Gasteiger partial charge in [-0.1, -0.05) is 48.0 Å². The molecule has 4 rings (SSSR count). The van der Waals surface area contributed by atoms with Crippen molar-refractivity contribution in [1.82, 2.24) is 5.01 Å². The SMILES string of the molecule is CC(=O)N1N=C2c3cc(C)ccc3CCC[C@H]2[C@H]1c1ccccc1. The van der Waals surface area contributed by atoms with Gasteiger partial charge in [0, 0.05) is 18.4 Å². The summed E-state index contributed by atoms with van der Waals surface area (Å²) in [6, 6.07) is 17.0. The Bertz CT molecular complexity index is 810. The van der Waals surface area contributed by atoms with E-state index in [-0.39, 0.29) is 17.9 Å². The number of carbonyl (C=O) groups excluding carboxylic acids is 1. The average molecular weight is 318 g/mol. The van der Waals surface area contributed by atoms with Crippen molar-refractivity contribution >= 4 is 11.6 Å². The number of hydrogen-bond donors (Lipinski definition) is 0. The van der Waals surface area contributed by atoms with Crippen LogP contribution in [0.2, 0.25) is 0 Å². The third-order valence-electron chi connectivity index (χ3n) is 5.18. The van der Waals surface area contributed by atoms with Crippen LogP contribution in [0.5, 0.6) is 0 Å². The summed E-state index contributed by atoms with van der Waals surface area (Å²) in [5, 5.41) is 6.51. The zero-order valence-corrected chi connectivity index (χ0v) is 14.2. The first-order valence-corrected chi connectivity index (χ1v) is 8.68. The molecule has 1 aliphatic carbocycles. The number of aryl methyl sites for hydroxylation is 2. The van der Waals surface area contributed by atoms with Crippen LogP contribution in [0.3, 0.4) is 0 Å². The number of benzene rings is 2. The summed E-state index contributed by atoms with van der Waals surface area (Å²) in [5.74, 6) is 0.290. The van der Waals surface area contributed by atoms with E-state index in [0.29, 0.717) is 0 Å². The van der Waals surface area contributed by atoms with E-state index >= 15 is 0 Å². The van der Waals surface area contributed by atoms with Gasteiger partial charge in [-0.2, -0.15) is 5.10 Å². The van der Waals surface area contributed by atoms with Crippen molar-refractivity contribution in [2.24, 2.45) is 11.0 Å². The maximum Gasteiger partial charge on any atom is 0.240 e. The summed E-state index contributed by atoms with van der Waals surface area (Å²) in [6.45, 7) is 3.73. The third kappa shape index (κ3) is 2.44. The second-order valence-electron chi connectivity index (χ2n) is 6.86. The highest BCUT2D eigenvalue weighted by atomic mass is 16.2. The smallest absolute Gasteiger partial charge is 0.240 e. The zero-order valence-electron chi connectivity index (χ0n) is 14.2. The molecule has 0 radical (unpaired) electrons. The van der Waals surface area contributed by atoms with Gasteiger partial charge in [0.2, 0.25) is 5.91 Å². The molecular weight excluding hydrogens is 296 g/mol. The fourth-order valence-electron chi connectivity index (χ4n) is 4.07. The molecule has 2 aliphatic rings. The van der Waals surface area contributed by atoms with Crippen molar-refractivity contribution in [2.45, 2.75) is 39.2 Å². The number of nitrogens with zero attached hydrogens (tertiary/aromatic N) is 2. The lowest BCUT2D eigenvalue weighted by atomic mass is 9.85. The molecule has 0 saturated heterocycles. The Morgan fingerprint density at radius 1 is 1.17 bits per heavy atom. The van der Waals surface area contributed by atoms with Crippen LogP contribution >= 0.6 is 0 Å². The molecule has 3 nitrogen and oxygen atoms in total. The maximum atomic E-state index is 12.3. The first-order chi connectivity index (χ1) is 11.6. The molecule has 2 aromatic rings. The second kappa shape index (κ2) is 5.90. The normalized spacial score (nSPS) is 22.4. The Kier molecular flexibility index (Phi) is 3.72. The number of amides is 1. The second-order valence-corrected chi connectivity index (χ2v) is 6.86. The Morgan fingerprint density at radius 2 is 1.96 bits per heavy atom. The van der Waals surface area contributed by atoms with Crippen molar-refractivity contribution in [1.29, 1.82) is 0 Å². The Balaban J connectivity index is 1.85. The minimum Gasteiger partial charge on any atom is -0.273 e. The molecule has 1 heterocycles. The Morgan fingerprint density at radius 3 is 2.71 bits per heavy atom. The minimum atomic E-state index is 0.0126. The van der Waals surface area contributed by atoms with Gasteiger partial charge in [-0.25, -0.2) is 5.01 Å². The van der Waals surface area contributed by atoms with Crippen LogP contribution in [0.1, 0.15) is 48.1 Å². The van der Waals surface area contributed by atoms with Gasteiger partial charge in [0.1, 0.15) is 0 Å². The summed E-state index contributed by atoms with van der Waals surface area (Å²) in [7, 11) is 0. The van der Waals surface area contributed by atoms with Crippen LogP contribution in [-0.4, -0.2) is 16.6 Å². The molecule has 2 atom stereocenters. The minimum absolute atomic E-state index is 0.0126. The lowest BCUT2D eigenvalue weighted by molar-refractivity contribution is -0.131. The van der Waals surface area contributed by atoms with Gasteiger partial charge >= 0.3 is 0 Å². The molecule has 1 amide bonds. The van der Waals surface area contributed by atoms with E-state index in [2.05, 4.69) is 37.3 Å². The summed E-state index contributed by atoms with van der Waals surface area (Å²) in [6.07, 6.45) is 3.29. The zero-order chi connectivity index (χ0) is 16.7. The Hall–Kier alpha value is -2.42. The molecule has 0 bridgehead atoms. The summed E-state index contributed by atoms with van der Waals surface area (Å²) < 4.78 is 0. The molecule has 0 spiro atoms. The van der Waals surface area contributed by atoms with Gasteiger partial charge in [0.15, 0.2) is 0 Å². The average Bonchev–Trinajstić information content (AvgIpc) is 2.88. The number of hydrogen-bond acceptors (Lipinski definition) is 2. The molecule has 0 aromatic heterocycles. The van der Waals surface area contributed by atoms with E-state index < -0.39 is 0 Å². The van der Waals surface area contributed by atoms with Crippen LogP contribution in [0.25, 0.3) is 0 Å². The van der Waals surface area contributed by atoms with Gasteiger partial charge < -0.3 is 0 Å². The quantitative estimate of drug-likeness (QED) is 0.773. The molecule has 3 heteroatoms. The van der Waals surface area contributed by atoms with Gasteiger partial charge in [-0.15, -0.1) is 0 Å². The molecule has 1 aliphatic heterocycles. The summed E-state index contributed by atoms with van der Waals surface area (Å²) in [4.78, 5) is 12.3. The predicted molar refractivity (Wildman–Crippen MR) is 95.8 cm³/mol. The third-order valence-corrected chi connectivity index (χ3v) is 5.18. The molecule has 24 heavy (non-hydrogen) atoms. The molecule has 0 fully saturated rings. The topological polar surface area (TPSA) is 32.7 Å². The molecular formula is C21H22N2O. The van der Waals surface area contributed by atoms with Crippen molar-refractivity contribution < 1.29 is 4.79 Å². The highest BCUT2D eigenvalue weighted by Gasteiger charge is 2.41. The van der Waals surface area contributed by atoms with Gasteiger partial charge in [0.25, 0.3) is 0 Å². The fourth-order valence-corrected chi connectivity index (χ4v) is 4.07. The molecule has 0 saturated carbocycles. The fraction of sp³-hybridized carbons (Fsp3) is 0.333. The van der Waals surface area contributed by atoms with E-state index in [1.165, 1.54) is 22.3 Å². The highest BCUT2D eigenvalue weighted by molar-refractivity contribution is 6.06. The van der Waals surface area contributed by atoms with E-state index in [1.54, 1.807) is 11.9 Å². The van der Waals surface area contributed by atoms with E-state index in [1.807, 2.05) is 18.2 Å². The van der Waals surface area contributed by atoms with E-state index in [0.717, 1.165) is 25.0 Å². The number of fused-ring (bicyclic) bond motifs is 3. The van der Waals surface area contributed by atoms with Crippen molar-refractivity contribution in [3.63, 3.8) is 0 Å². The van der Waals surface area contributed by atoms with Crippen LogP contribution in [0.15, 0.2) is 53.6 Å². The van der Waals surface area contributed by atoms with Gasteiger partial charge in [-0.05, 0) is 43.4 Å². The van der Waals surface area contributed by atoms with Gasteiger partial charge in [0.05, 0.1) is 11.8 Å². The number of rotatable bonds is 1. The molecule has 0 N–H and O–H groups in total. The number of hydrazone groups is 1. The Labute approximate surface area is 143 Å². The van der Waals surface area contributed by atoms with Crippen LogP contribution in [-0.2, 0) is 11.2 Å². The molecule has 2 aromatic carbocycles. The van der Waals surface area contributed by atoms with Crippen LogP contribution in [0, 0.1) is 12.8 Å². The molecule has 0 unspecified atom stereocenters. The molecule has 122 valence electrons. The maximum absolute atomic E-state index is 12.3. The predicted octanol–water partition coefficient (Wildman–Crippen LogP) is 4.26. The van der Waals surface area contributed by atoms with Crippen LogP contribution < -0.4 is 0 Å². The first-order valence-electron chi connectivity index (χ1n) is 8.68. The lowest BCUT2D eigenvalue weighted by Crippen LogP contribution is -2.29. The number of carbonyl (C=O) groups is 1. The van der Waals surface area contributed by atoms with Crippen molar-refractivity contribution in [3.05, 3.63) is 70.8 Å². The lowest BCUT2D eigenvalue weighted by Gasteiger charge is -2.26. The van der Waals surface area contributed by atoms with E-state index in [4.69, 9.17) is 5.10 Å². The van der Waals surface area contributed by atoms with Gasteiger partial charge in [-0.3, -0.25) is 4.79 Å². The van der Waals surface area contributed by atoms with E-state index in [9.17, 15) is 4.79 Å². The first kappa shape index (κ1) is 15.1. The standard InChI is InChI=1S/C21H22N2O/c1-14-11-12-16-9-6-10-18-20(19(16)13-14)22-23(15(2)24)21(18)17-7-4-3-5-8-17/h3-5,7-8,11-13,18,21H,6,9-10H2,1-2H3/t18-,21-/m1/s1. The summed E-state index contributed by atoms with van der Waals surface area (Å²) >= 11 is 0. The van der Waals surface area contributed by atoms with Crippen molar-refractivity contribution in [2.75, 3.05) is 0 Å². The largest absolute Gasteiger partial charge is 0.273 e. The summed E-state index contributed by atoms with van der Waals surface area (Å²) in [5.41, 5.74) is 6.11. The monoisotopic (exact) mass is 318 g/mol. The van der Waals surface area contributed by atoms with Crippen molar-refractivity contribution in [3.8, 4) is 0 Å².